The molecule has 4 nitrogen and oxygen atoms in total. The van der Waals surface area contributed by atoms with Gasteiger partial charge in [0.1, 0.15) is 11.9 Å². The number of hydrogen-bond donors (Lipinski definition) is 1. The summed E-state index contributed by atoms with van der Waals surface area (Å²) >= 11 is 7.23. The highest BCUT2D eigenvalue weighted by atomic mass is 35.5. The first kappa shape index (κ1) is 14.4. The zero-order valence-corrected chi connectivity index (χ0v) is 12.7. The molecule has 21 heavy (non-hydrogen) atoms. The molecule has 1 N–H and O–H groups in total. The summed E-state index contributed by atoms with van der Waals surface area (Å²) in [7, 11) is 0. The number of hydrogen-bond acceptors (Lipinski definition) is 4. The van der Waals surface area contributed by atoms with E-state index in [1.165, 1.54) is 11.3 Å². The van der Waals surface area contributed by atoms with Crippen LogP contribution in [0, 0.1) is 0 Å². The predicted octanol–water partition coefficient (Wildman–Crippen LogP) is 3.32. The number of ether oxygens (including phenoxy) is 1. The molecule has 0 aliphatic carbocycles. The van der Waals surface area contributed by atoms with Gasteiger partial charge < -0.3 is 14.7 Å². The van der Waals surface area contributed by atoms with E-state index in [0.717, 1.165) is 5.56 Å². The second-order valence-electron chi connectivity index (χ2n) is 4.85. The van der Waals surface area contributed by atoms with Crippen molar-refractivity contribution in [3.8, 4) is 5.75 Å². The fourth-order valence-electron chi connectivity index (χ4n) is 2.37. The molecule has 1 amide bonds. The number of nitrogens with zero attached hydrogens (tertiary/aromatic N) is 1. The molecule has 0 bridgehead atoms. The van der Waals surface area contributed by atoms with Crippen LogP contribution in [-0.4, -0.2) is 35.6 Å². The van der Waals surface area contributed by atoms with E-state index in [0.29, 0.717) is 29.6 Å². The van der Waals surface area contributed by atoms with Crippen LogP contribution in [0.3, 0.4) is 0 Å². The van der Waals surface area contributed by atoms with Crippen molar-refractivity contribution in [2.24, 2.45) is 0 Å². The number of aromatic hydroxyl groups is 1. The molecular weight excluding hydrogens is 310 g/mol. The number of rotatable bonds is 2. The van der Waals surface area contributed by atoms with Gasteiger partial charge in [0.2, 0.25) is 0 Å². The number of halogens is 1. The molecule has 1 aliphatic heterocycles. The van der Waals surface area contributed by atoms with Crippen LogP contribution in [0.15, 0.2) is 35.7 Å². The minimum atomic E-state index is -0.219. The number of phenolic OH excluding ortho intramolecular Hbond substituents is 1. The third-order valence-corrected chi connectivity index (χ3v) is 4.50. The molecule has 2 heterocycles. The Bertz CT molecular complexity index is 658. The number of benzene rings is 1. The number of carbonyl (C=O) groups is 1. The third-order valence-electron chi connectivity index (χ3n) is 3.41. The summed E-state index contributed by atoms with van der Waals surface area (Å²) in [6, 6.07) is 8.63. The van der Waals surface area contributed by atoms with Crippen molar-refractivity contribution < 1.29 is 14.6 Å². The Kier molecular flexibility index (Phi) is 4.14. The topological polar surface area (TPSA) is 49.8 Å². The van der Waals surface area contributed by atoms with Crippen LogP contribution in [0.4, 0.5) is 0 Å². The van der Waals surface area contributed by atoms with Gasteiger partial charge in [-0.25, -0.2) is 0 Å². The molecule has 0 radical (unpaired) electrons. The van der Waals surface area contributed by atoms with E-state index in [2.05, 4.69) is 0 Å². The summed E-state index contributed by atoms with van der Waals surface area (Å²) in [5, 5.41) is 11.3. The maximum Gasteiger partial charge on any atom is 0.254 e. The summed E-state index contributed by atoms with van der Waals surface area (Å²) in [5.41, 5.74) is 1.48. The Morgan fingerprint density at radius 3 is 3.00 bits per heavy atom. The molecule has 1 aromatic heterocycles. The Hall–Kier alpha value is -1.56. The summed E-state index contributed by atoms with van der Waals surface area (Å²) < 4.78 is 6.32. The zero-order valence-electron chi connectivity index (χ0n) is 11.2. The van der Waals surface area contributed by atoms with Gasteiger partial charge in [0.05, 0.1) is 23.1 Å². The second-order valence-corrected chi connectivity index (χ2v) is 6.39. The number of amides is 1. The molecule has 3 rings (SSSR count). The zero-order chi connectivity index (χ0) is 14.8. The molecule has 2 aromatic rings. The number of carbonyl (C=O) groups excluding carboxylic acids is 1. The van der Waals surface area contributed by atoms with Crippen molar-refractivity contribution >= 4 is 28.8 Å². The molecule has 1 aliphatic rings. The number of phenols is 1. The van der Waals surface area contributed by atoms with Gasteiger partial charge in [0.15, 0.2) is 0 Å². The maximum absolute atomic E-state index is 12.4. The van der Waals surface area contributed by atoms with Gasteiger partial charge in [-0.2, -0.15) is 0 Å². The van der Waals surface area contributed by atoms with Gasteiger partial charge in [-0.05, 0) is 23.8 Å². The lowest BCUT2D eigenvalue weighted by molar-refractivity contribution is -0.0228. The maximum atomic E-state index is 12.4. The van der Waals surface area contributed by atoms with Crippen molar-refractivity contribution in [2.45, 2.75) is 6.10 Å². The lowest BCUT2D eigenvalue weighted by Crippen LogP contribution is -2.42. The average Bonchev–Trinajstić information content (AvgIpc) is 2.93. The van der Waals surface area contributed by atoms with Gasteiger partial charge in [0.25, 0.3) is 5.91 Å². The van der Waals surface area contributed by atoms with Gasteiger partial charge in [-0.3, -0.25) is 4.79 Å². The standard InChI is InChI=1S/C15H14ClNO3S/c16-14-7-11(9-21-14)15(19)17-4-5-20-13(8-17)10-2-1-3-12(18)6-10/h1-3,6-7,9,13,18H,4-5,8H2/t13-/m0/s1. The fourth-order valence-corrected chi connectivity index (χ4v) is 3.22. The summed E-state index contributed by atoms with van der Waals surface area (Å²) in [4.78, 5) is 14.2. The quantitative estimate of drug-likeness (QED) is 0.922. The number of morpholine rings is 1. The van der Waals surface area contributed by atoms with Gasteiger partial charge in [-0.1, -0.05) is 23.7 Å². The lowest BCUT2D eigenvalue weighted by Gasteiger charge is -2.33. The molecule has 1 fully saturated rings. The van der Waals surface area contributed by atoms with Crippen LogP contribution >= 0.6 is 22.9 Å². The predicted molar refractivity (Wildman–Crippen MR) is 82.0 cm³/mol. The highest BCUT2D eigenvalue weighted by molar-refractivity contribution is 7.14. The van der Waals surface area contributed by atoms with Gasteiger partial charge in [0, 0.05) is 11.9 Å². The van der Waals surface area contributed by atoms with Crippen molar-refractivity contribution in [1.29, 1.82) is 0 Å². The Labute approximate surface area is 131 Å². The van der Waals surface area contributed by atoms with Crippen LogP contribution in [0.25, 0.3) is 0 Å². The van der Waals surface area contributed by atoms with Crippen molar-refractivity contribution in [3.05, 3.63) is 51.2 Å². The summed E-state index contributed by atoms with van der Waals surface area (Å²) in [5.74, 6) is 0.163. The fraction of sp³-hybridized carbons (Fsp3) is 0.267. The van der Waals surface area contributed by atoms with Gasteiger partial charge in [-0.15, -0.1) is 11.3 Å². The molecule has 110 valence electrons. The highest BCUT2D eigenvalue weighted by Gasteiger charge is 2.26. The van der Waals surface area contributed by atoms with E-state index in [9.17, 15) is 9.90 Å². The summed E-state index contributed by atoms with van der Waals surface area (Å²) in [6.45, 7) is 1.50. The molecule has 0 unspecified atom stereocenters. The van der Waals surface area contributed by atoms with E-state index in [1.807, 2.05) is 6.07 Å². The molecule has 6 heteroatoms. The van der Waals surface area contributed by atoms with Crippen LogP contribution in [-0.2, 0) is 4.74 Å². The Balaban J connectivity index is 1.75. The van der Waals surface area contributed by atoms with Crippen LogP contribution in [0.2, 0.25) is 4.34 Å². The van der Waals surface area contributed by atoms with Crippen molar-refractivity contribution in [3.63, 3.8) is 0 Å². The largest absolute Gasteiger partial charge is 0.508 e. The SMILES string of the molecule is O=C(c1csc(Cl)c1)N1CCO[C@H](c2cccc(O)c2)C1. The first-order valence-corrected chi connectivity index (χ1v) is 7.83. The van der Waals surface area contributed by atoms with Gasteiger partial charge >= 0.3 is 0 Å². The van der Waals surface area contributed by atoms with E-state index in [-0.39, 0.29) is 17.8 Å². The van der Waals surface area contributed by atoms with E-state index < -0.39 is 0 Å². The normalized spacial score (nSPS) is 18.7. The van der Waals surface area contributed by atoms with Crippen molar-refractivity contribution in [2.75, 3.05) is 19.7 Å². The molecular formula is C15H14ClNO3S. The first-order valence-electron chi connectivity index (χ1n) is 6.57. The van der Waals surface area contributed by atoms with E-state index in [4.69, 9.17) is 16.3 Å². The molecule has 1 saturated heterocycles. The third kappa shape index (κ3) is 3.20. The van der Waals surface area contributed by atoms with E-state index in [1.54, 1.807) is 34.5 Å². The van der Waals surface area contributed by atoms with Crippen LogP contribution < -0.4 is 0 Å². The minimum Gasteiger partial charge on any atom is -0.508 e. The Morgan fingerprint density at radius 2 is 2.29 bits per heavy atom. The number of thiophene rings is 1. The second kappa shape index (κ2) is 6.05. The van der Waals surface area contributed by atoms with Crippen molar-refractivity contribution in [1.82, 2.24) is 4.90 Å². The average molecular weight is 324 g/mol. The Morgan fingerprint density at radius 1 is 1.43 bits per heavy atom. The molecule has 1 atom stereocenters. The lowest BCUT2D eigenvalue weighted by atomic mass is 10.1. The first-order chi connectivity index (χ1) is 10.1. The monoisotopic (exact) mass is 323 g/mol. The minimum absolute atomic E-state index is 0.0356. The van der Waals surface area contributed by atoms with Crippen LogP contribution in [0.1, 0.15) is 22.0 Å². The summed E-state index contributed by atoms with van der Waals surface area (Å²) in [6.07, 6.45) is -0.219. The molecule has 0 spiro atoms. The molecule has 1 aromatic carbocycles. The highest BCUT2D eigenvalue weighted by Crippen LogP contribution is 2.27. The van der Waals surface area contributed by atoms with Crippen LogP contribution in [0.5, 0.6) is 5.75 Å². The molecule has 0 saturated carbocycles. The smallest absolute Gasteiger partial charge is 0.254 e. The van der Waals surface area contributed by atoms with E-state index >= 15 is 0 Å².